The maximum absolute atomic E-state index is 7.64. The van der Waals surface area contributed by atoms with E-state index in [1.165, 1.54) is 48.9 Å². The monoisotopic (exact) mass is 536 g/mol. The zero-order chi connectivity index (χ0) is 27.5. The van der Waals surface area contributed by atoms with E-state index in [2.05, 4.69) is 107 Å². The van der Waals surface area contributed by atoms with Gasteiger partial charge in [-0.05, 0) is 95.4 Å². The lowest BCUT2D eigenvalue weighted by atomic mass is 9.47. The van der Waals surface area contributed by atoms with Gasteiger partial charge in [-0.25, -0.2) is 0 Å². The molecule has 0 amide bonds. The zero-order valence-corrected chi connectivity index (χ0v) is 25.9. The van der Waals surface area contributed by atoms with Crippen molar-refractivity contribution in [3.05, 3.63) is 72.3 Å². The number of fused-ring (bicyclic) bond motifs is 5. The second-order valence-corrected chi connectivity index (χ2v) is 19.0. The molecule has 0 aromatic heterocycles. The molecule has 39 heavy (non-hydrogen) atoms. The second kappa shape index (κ2) is 9.78. The lowest BCUT2D eigenvalue weighted by Crippen LogP contribution is -2.68. The standard InChI is InChI=1S/C37H48OSi/c1-7-27-19-21-33-32-20-18-28-26-29(22-24-37(28,6)34(32)23-25-36(27,33)5)38-39(35(2,3)4,30-14-10-8-11-15-30)31-16-12-9-13-17-31/h1,8-18,27,29,32-34H,19-26H2,2-6H3/t27-,29-,32?,33?,34?,36+,37-/m0/s1. The molecule has 0 aliphatic heterocycles. The summed E-state index contributed by atoms with van der Waals surface area (Å²) in [5.74, 6) is 6.11. The summed E-state index contributed by atoms with van der Waals surface area (Å²) in [6, 6.07) is 22.4. The Balaban J connectivity index is 1.32. The van der Waals surface area contributed by atoms with Crippen LogP contribution < -0.4 is 10.4 Å². The van der Waals surface area contributed by atoms with Gasteiger partial charge < -0.3 is 4.43 Å². The van der Waals surface area contributed by atoms with Crippen molar-refractivity contribution in [1.82, 2.24) is 0 Å². The maximum Gasteiger partial charge on any atom is 0.261 e. The fourth-order valence-electron chi connectivity index (χ4n) is 9.94. The van der Waals surface area contributed by atoms with E-state index in [0.717, 1.165) is 30.6 Å². The lowest BCUT2D eigenvalue weighted by molar-refractivity contribution is -0.0420. The minimum absolute atomic E-state index is 0.0202. The van der Waals surface area contributed by atoms with Crippen molar-refractivity contribution in [2.75, 3.05) is 0 Å². The van der Waals surface area contributed by atoms with Crippen LogP contribution in [0.5, 0.6) is 0 Å². The molecule has 0 N–H and O–H groups in total. The molecule has 3 fully saturated rings. The Kier molecular flexibility index (Phi) is 6.80. The van der Waals surface area contributed by atoms with Crippen LogP contribution in [0.1, 0.15) is 86.0 Å². The molecule has 4 aliphatic carbocycles. The number of hydrogen-bond donors (Lipinski definition) is 0. The van der Waals surface area contributed by atoms with Crippen LogP contribution in [-0.4, -0.2) is 14.4 Å². The summed E-state index contributed by atoms with van der Waals surface area (Å²) in [6.45, 7) is 12.4. The third kappa shape index (κ3) is 4.14. The summed E-state index contributed by atoms with van der Waals surface area (Å²) < 4.78 is 7.64. The summed E-state index contributed by atoms with van der Waals surface area (Å²) >= 11 is 0. The van der Waals surface area contributed by atoms with Gasteiger partial charge in [0.1, 0.15) is 0 Å². The van der Waals surface area contributed by atoms with Crippen LogP contribution in [0.2, 0.25) is 5.04 Å². The second-order valence-electron chi connectivity index (χ2n) is 14.7. The van der Waals surface area contributed by atoms with Crippen molar-refractivity contribution in [3.63, 3.8) is 0 Å². The quantitative estimate of drug-likeness (QED) is 0.218. The molecular weight excluding hydrogens is 488 g/mol. The first-order chi connectivity index (χ1) is 18.6. The Morgan fingerprint density at radius 2 is 1.49 bits per heavy atom. The van der Waals surface area contributed by atoms with E-state index in [1.807, 2.05) is 0 Å². The number of terminal acetylenes is 1. The highest BCUT2D eigenvalue weighted by Crippen LogP contribution is 2.66. The number of benzene rings is 2. The summed E-state index contributed by atoms with van der Waals surface area (Å²) in [7, 11) is -2.54. The van der Waals surface area contributed by atoms with Gasteiger partial charge in [0.2, 0.25) is 0 Å². The van der Waals surface area contributed by atoms with Crippen molar-refractivity contribution in [3.8, 4) is 12.3 Å². The van der Waals surface area contributed by atoms with E-state index < -0.39 is 8.32 Å². The Morgan fingerprint density at radius 1 is 0.846 bits per heavy atom. The Morgan fingerprint density at radius 3 is 2.08 bits per heavy atom. The van der Waals surface area contributed by atoms with Gasteiger partial charge in [-0.2, -0.15) is 0 Å². The van der Waals surface area contributed by atoms with E-state index in [1.54, 1.807) is 5.57 Å². The van der Waals surface area contributed by atoms with Gasteiger partial charge >= 0.3 is 0 Å². The van der Waals surface area contributed by atoms with Gasteiger partial charge in [0.05, 0.1) is 0 Å². The van der Waals surface area contributed by atoms with Gasteiger partial charge in [-0.15, -0.1) is 12.3 Å². The van der Waals surface area contributed by atoms with Crippen LogP contribution >= 0.6 is 0 Å². The minimum atomic E-state index is -2.54. The molecule has 2 heteroatoms. The Bertz CT molecular complexity index is 1210. The molecule has 0 bridgehead atoms. The van der Waals surface area contributed by atoms with E-state index in [0.29, 0.717) is 16.7 Å². The van der Waals surface area contributed by atoms with E-state index in [4.69, 9.17) is 10.8 Å². The fourth-order valence-corrected chi connectivity index (χ4v) is 14.7. The average molecular weight is 537 g/mol. The van der Waals surface area contributed by atoms with Crippen LogP contribution in [0.4, 0.5) is 0 Å². The summed E-state index contributed by atoms with van der Waals surface area (Å²) in [5.41, 5.74) is 2.39. The summed E-state index contributed by atoms with van der Waals surface area (Å²) in [5, 5.41) is 2.81. The van der Waals surface area contributed by atoms with Crippen molar-refractivity contribution >= 4 is 18.7 Å². The fraction of sp³-hybridized carbons (Fsp3) is 0.568. The van der Waals surface area contributed by atoms with Crippen molar-refractivity contribution in [2.24, 2.45) is 34.5 Å². The average Bonchev–Trinajstić information content (AvgIpc) is 3.28. The zero-order valence-electron chi connectivity index (χ0n) is 24.9. The molecule has 3 unspecified atom stereocenters. The van der Waals surface area contributed by atoms with E-state index >= 15 is 0 Å². The van der Waals surface area contributed by atoms with Crippen molar-refractivity contribution < 1.29 is 4.43 Å². The van der Waals surface area contributed by atoms with Gasteiger partial charge in [0.25, 0.3) is 8.32 Å². The SMILES string of the molecule is C#C[C@H]1CCC2C3CC=C4C[C@@H](O[Si](c5ccccc5)(c5ccccc5)C(C)(C)C)CC[C@]4(C)C3CC[C@@]21C. The third-order valence-corrected chi connectivity index (χ3v) is 17.1. The normalized spacial score (nSPS) is 36.2. The predicted molar refractivity (Wildman–Crippen MR) is 167 cm³/mol. The molecule has 2 aromatic rings. The van der Waals surface area contributed by atoms with Crippen molar-refractivity contribution in [2.45, 2.75) is 97.1 Å². The van der Waals surface area contributed by atoms with Crippen molar-refractivity contribution in [1.29, 1.82) is 0 Å². The molecular formula is C37H48OSi. The molecule has 7 atom stereocenters. The molecule has 4 aliphatic rings. The first kappa shape index (κ1) is 27.1. The summed E-state index contributed by atoms with van der Waals surface area (Å²) in [6.07, 6.45) is 19.0. The van der Waals surface area contributed by atoms with Gasteiger partial charge in [0, 0.05) is 12.0 Å². The Labute approximate surface area is 239 Å². The predicted octanol–water partition coefficient (Wildman–Crippen LogP) is 8.14. The molecule has 206 valence electrons. The maximum atomic E-state index is 7.64. The van der Waals surface area contributed by atoms with Crippen LogP contribution in [0.15, 0.2) is 72.3 Å². The largest absolute Gasteiger partial charge is 0.404 e. The highest BCUT2D eigenvalue weighted by Gasteiger charge is 2.59. The van der Waals surface area contributed by atoms with Gasteiger partial charge in [-0.1, -0.05) is 107 Å². The van der Waals surface area contributed by atoms with Crippen LogP contribution in [0.3, 0.4) is 0 Å². The molecule has 0 heterocycles. The highest BCUT2D eigenvalue weighted by molar-refractivity contribution is 6.99. The van der Waals surface area contributed by atoms with E-state index in [9.17, 15) is 0 Å². The first-order valence-corrected chi connectivity index (χ1v) is 17.5. The minimum Gasteiger partial charge on any atom is -0.404 e. The van der Waals surface area contributed by atoms with Gasteiger partial charge in [0.15, 0.2) is 0 Å². The first-order valence-electron chi connectivity index (χ1n) is 15.6. The Hall–Kier alpha value is -2.08. The topological polar surface area (TPSA) is 9.23 Å². The number of allylic oxidation sites excluding steroid dienone is 1. The third-order valence-electron chi connectivity index (χ3n) is 12.0. The molecule has 0 saturated heterocycles. The van der Waals surface area contributed by atoms with Crippen LogP contribution in [0.25, 0.3) is 0 Å². The van der Waals surface area contributed by atoms with Crippen LogP contribution in [-0.2, 0) is 4.43 Å². The highest BCUT2D eigenvalue weighted by atomic mass is 28.4. The van der Waals surface area contributed by atoms with Crippen LogP contribution in [0, 0.1) is 46.8 Å². The van der Waals surface area contributed by atoms with Gasteiger partial charge in [-0.3, -0.25) is 0 Å². The van der Waals surface area contributed by atoms with E-state index in [-0.39, 0.29) is 11.1 Å². The smallest absolute Gasteiger partial charge is 0.261 e. The molecule has 1 nitrogen and oxygen atoms in total. The molecule has 0 radical (unpaired) electrons. The molecule has 0 spiro atoms. The summed E-state index contributed by atoms with van der Waals surface area (Å²) in [4.78, 5) is 0. The lowest BCUT2D eigenvalue weighted by Gasteiger charge is -2.58. The number of hydrogen-bond acceptors (Lipinski definition) is 1. The number of rotatable bonds is 4. The molecule has 2 aromatic carbocycles. The molecule has 6 rings (SSSR count). The molecule has 3 saturated carbocycles.